The first-order chi connectivity index (χ1) is 14.7. The van der Waals surface area contributed by atoms with Gasteiger partial charge in [-0.2, -0.15) is 0 Å². The zero-order valence-corrected chi connectivity index (χ0v) is 19.2. The molecule has 0 aromatic heterocycles. The molecule has 0 aliphatic heterocycles. The van der Waals surface area contributed by atoms with Crippen molar-refractivity contribution in [1.29, 1.82) is 0 Å². The number of ether oxygens (including phenoxy) is 2. The van der Waals surface area contributed by atoms with E-state index in [0.29, 0.717) is 26.1 Å². The second-order valence-electron chi connectivity index (χ2n) is 8.33. The van der Waals surface area contributed by atoms with Crippen molar-refractivity contribution in [3.8, 4) is 5.75 Å². The van der Waals surface area contributed by atoms with Crippen LogP contribution in [-0.4, -0.2) is 41.6 Å². The summed E-state index contributed by atoms with van der Waals surface area (Å²) >= 11 is 0. The molecule has 0 saturated heterocycles. The van der Waals surface area contributed by atoms with Crippen LogP contribution in [0, 0.1) is 0 Å². The van der Waals surface area contributed by atoms with Crippen molar-refractivity contribution in [1.82, 2.24) is 10.2 Å². The minimum absolute atomic E-state index is 0.125. The van der Waals surface area contributed by atoms with Crippen molar-refractivity contribution in [2.45, 2.75) is 59.3 Å². The third kappa shape index (κ3) is 8.32. The largest absolute Gasteiger partial charge is 0.489 e. The van der Waals surface area contributed by atoms with Gasteiger partial charge in [0.2, 0.25) is 5.91 Å². The molecule has 2 aromatic rings. The molecule has 0 spiro atoms. The van der Waals surface area contributed by atoms with Crippen LogP contribution in [0.5, 0.6) is 5.75 Å². The number of rotatable bonds is 9. The van der Waals surface area contributed by atoms with Crippen LogP contribution >= 0.6 is 0 Å². The Morgan fingerprint density at radius 3 is 2.10 bits per heavy atom. The molecule has 0 heterocycles. The summed E-state index contributed by atoms with van der Waals surface area (Å²) < 4.78 is 11.2. The van der Waals surface area contributed by atoms with E-state index in [1.807, 2.05) is 68.4 Å². The molecule has 31 heavy (non-hydrogen) atoms. The van der Waals surface area contributed by atoms with Crippen LogP contribution in [0.1, 0.15) is 45.7 Å². The van der Waals surface area contributed by atoms with Crippen LogP contribution < -0.4 is 10.1 Å². The normalized spacial score (nSPS) is 12.0. The maximum Gasteiger partial charge on any atom is 0.408 e. The highest BCUT2D eigenvalue weighted by atomic mass is 16.6. The van der Waals surface area contributed by atoms with Crippen molar-refractivity contribution >= 4 is 12.0 Å². The van der Waals surface area contributed by atoms with E-state index in [2.05, 4.69) is 5.32 Å². The Balaban J connectivity index is 2.06. The van der Waals surface area contributed by atoms with Gasteiger partial charge < -0.3 is 19.7 Å². The lowest BCUT2D eigenvalue weighted by molar-refractivity contribution is -0.133. The first-order valence-corrected chi connectivity index (χ1v) is 10.8. The third-order valence-corrected chi connectivity index (χ3v) is 4.68. The molecule has 0 aliphatic rings. The maximum absolute atomic E-state index is 13.0. The Labute approximate surface area is 185 Å². The second-order valence-corrected chi connectivity index (χ2v) is 8.33. The van der Waals surface area contributed by atoms with Gasteiger partial charge in [0, 0.05) is 19.5 Å². The summed E-state index contributed by atoms with van der Waals surface area (Å²) in [6.45, 7) is 10.9. The van der Waals surface area contributed by atoms with Crippen molar-refractivity contribution in [3.63, 3.8) is 0 Å². The first kappa shape index (κ1) is 24.3. The molecule has 6 heteroatoms. The molecular weight excluding hydrogens is 392 g/mol. The topological polar surface area (TPSA) is 67.9 Å². The van der Waals surface area contributed by atoms with E-state index in [-0.39, 0.29) is 5.91 Å². The molecular formula is C25H34N2O4. The maximum atomic E-state index is 13.0. The molecule has 0 bridgehead atoms. The van der Waals surface area contributed by atoms with Crippen LogP contribution in [0.3, 0.4) is 0 Å². The molecule has 6 nitrogen and oxygen atoms in total. The van der Waals surface area contributed by atoms with Gasteiger partial charge in [0.05, 0.1) is 0 Å². The Bertz CT molecular complexity index is 825. The number of amides is 2. The zero-order valence-electron chi connectivity index (χ0n) is 19.2. The second kappa shape index (κ2) is 11.4. The first-order valence-electron chi connectivity index (χ1n) is 10.8. The summed E-state index contributed by atoms with van der Waals surface area (Å²) in [5, 5.41) is 2.75. The van der Waals surface area contributed by atoms with Gasteiger partial charge in [0.15, 0.2) is 0 Å². The standard InChI is InChI=1S/C25H34N2O4/c1-6-27(7-2)23(28)22(26-24(29)31-25(3,4)5)17-19-13-15-21(16-14-19)30-18-20-11-9-8-10-12-20/h8-16,22H,6-7,17-18H2,1-5H3,(H,26,29). The summed E-state index contributed by atoms with van der Waals surface area (Å²) in [5.41, 5.74) is 1.39. The molecule has 1 atom stereocenters. The van der Waals surface area contributed by atoms with Crippen LogP contribution in [-0.2, 0) is 22.6 Å². The lowest BCUT2D eigenvalue weighted by atomic mass is 10.0. The van der Waals surface area contributed by atoms with E-state index >= 15 is 0 Å². The molecule has 0 radical (unpaired) electrons. The Morgan fingerprint density at radius 2 is 1.55 bits per heavy atom. The fourth-order valence-corrected chi connectivity index (χ4v) is 3.10. The molecule has 0 aliphatic carbocycles. The van der Waals surface area contributed by atoms with Crippen LogP contribution in [0.15, 0.2) is 54.6 Å². The summed E-state index contributed by atoms with van der Waals surface area (Å²) in [6, 6.07) is 16.8. The van der Waals surface area contributed by atoms with Crippen molar-refractivity contribution in [2.24, 2.45) is 0 Å². The van der Waals surface area contributed by atoms with Crippen LogP contribution in [0.25, 0.3) is 0 Å². The number of carbonyl (C=O) groups excluding carboxylic acids is 2. The third-order valence-electron chi connectivity index (χ3n) is 4.68. The minimum Gasteiger partial charge on any atom is -0.489 e. The summed E-state index contributed by atoms with van der Waals surface area (Å²) in [7, 11) is 0. The van der Waals surface area contributed by atoms with Crippen molar-refractivity contribution in [2.75, 3.05) is 13.1 Å². The average molecular weight is 427 g/mol. The number of likely N-dealkylation sites (N-methyl/N-ethyl adjacent to an activating group) is 1. The number of carbonyl (C=O) groups is 2. The van der Waals surface area contributed by atoms with Gasteiger partial charge in [0.1, 0.15) is 24.0 Å². The lowest BCUT2D eigenvalue weighted by Crippen LogP contribution is -2.50. The molecule has 2 amide bonds. The highest BCUT2D eigenvalue weighted by Gasteiger charge is 2.27. The van der Waals surface area contributed by atoms with E-state index in [1.165, 1.54) is 0 Å². The minimum atomic E-state index is -0.703. The quantitative estimate of drug-likeness (QED) is 0.638. The highest BCUT2D eigenvalue weighted by Crippen LogP contribution is 2.16. The van der Waals surface area contributed by atoms with Gasteiger partial charge in [-0.1, -0.05) is 42.5 Å². The predicted octanol–water partition coefficient (Wildman–Crippen LogP) is 4.57. The van der Waals surface area contributed by atoms with E-state index in [0.717, 1.165) is 16.9 Å². The number of hydrogen-bond acceptors (Lipinski definition) is 4. The molecule has 0 fully saturated rings. The Morgan fingerprint density at radius 1 is 0.935 bits per heavy atom. The average Bonchev–Trinajstić information content (AvgIpc) is 2.73. The fourth-order valence-electron chi connectivity index (χ4n) is 3.10. The molecule has 1 unspecified atom stereocenters. The van der Waals surface area contributed by atoms with Crippen molar-refractivity contribution < 1.29 is 19.1 Å². The number of alkyl carbamates (subject to hydrolysis) is 1. The molecule has 0 saturated carbocycles. The van der Waals surface area contributed by atoms with E-state index < -0.39 is 17.7 Å². The van der Waals surface area contributed by atoms with E-state index in [4.69, 9.17) is 9.47 Å². The number of nitrogens with one attached hydrogen (secondary N) is 1. The molecule has 2 aromatic carbocycles. The smallest absolute Gasteiger partial charge is 0.408 e. The monoisotopic (exact) mass is 426 g/mol. The van der Waals surface area contributed by atoms with Crippen LogP contribution in [0.4, 0.5) is 4.79 Å². The summed E-state index contributed by atoms with van der Waals surface area (Å²) in [4.78, 5) is 27.0. The van der Waals surface area contributed by atoms with Crippen LogP contribution in [0.2, 0.25) is 0 Å². The lowest BCUT2D eigenvalue weighted by Gasteiger charge is -2.27. The predicted molar refractivity (Wildman–Crippen MR) is 122 cm³/mol. The van der Waals surface area contributed by atoms with E-state index in [9.17, 15) is 9.59 Å². The summed E-state index contributed by atoms with van der Waals surface area (Å²) in [5.74, 6) is 0.625. The number of benzene rings is 2. The highest BCUT2D eigenvalue weighted by molar-refractivity contribution is 5.86. The zero-order chi connectivity index (χ0) is 22.9. The summed E-state index contributed by atoms with van der Waals surface area (Å²) in [6.07, 6.45) is -0.228. The Kier molecular flexibility index (Phi) is 8.91. The van der Waals surface area contributed by atoms with Gasteiger partial charge in [-0.05, 0) is 57.9 Å². The molecule has 2 rings (SSSR count). The van der Waals surface area contributed by atoms with Crippen molar-refractivity contribution in [3.05, 3.63) is 65.7 Å². The van der Waals surface area contributed by atoms with Gasteiger partial charge in [-0.25, -0.2) is 4.79 Å². The number of hydrogen-bond donors (Lipinski definition) is 1. The fraction of sp³-hybridized carbons (Fsp3) is 0.440. The van der Waals surface area contributed by atoms with Gasteiger partial charge in [-0.3, -0.25) is 4.79 Å². The van der Waals surface area contributed by atoms with E-state index in [1.54, 1.807) is 25.7 Å². The Hall–Kier alpha value is -3.02. The van der Waals surface area contributed by atoms with Gasteiger partial charge >= 0.3 is 6.09 Å². The van der Waals surface area contributed by atoms with Gasteiger partial charge in [-0.15, -0.1) is 0 Å². The molecule has 1 N–H and O–H groups in total. The molecule has 168 valence electrons. The number of nitrogens with zero attached hydrogens (tertiary/aromatic N) is 1. The van der Waals surface area contributed by atoms with Gasteiger partial charge in [0.25, 0.3) is 0 Å². The SMILES string of the molecule is CCN(CC)C(=O)C(Cc1ccc(OCc2ccccc2)cc1)NC(=O)OC(C)(C)C.